The average Bonchev–Trinajstić information content (AvgIpc) is 2.39. The molecule has 0 atom stereocenters. The van der Waals surface area contributed by atoms with Crippen molar-refractivity contribution in [2.75, 3.05) is 0 Å². The van der Waals surface area contributed by atoms with Gasteiger partial charge in [-0.15, -0.1) is 0 Å². The third kappa shape index (κ3) is 2.51. The molecule has 0 aliphatic rings. The summed E-state index contributed by atoms with van der Waals surface area (Å²) in [7, 11) is 0. The maximum Gasteiger partial charge on any atom is 0.159 e. The molecule has 0 unspecified atom stereocenters. The van der Waals surface area contributed by atoms with Crippen LogP contribution in [0.4, 0.5) is 0 Å². The van der Waals surface area contributed by atoms with Crippen molar-refractivity contribution in [2.45, 2.75) is 6.92 Å². The Kier molecular flexibility index (Phi) is 3.20. The van der Waals surface area contributed by atoms with Gasteiger partial charge in [-0.2, -0.15) is 0 Å². The monoisotopic (exact) mass is 222 g/mol. The molecule has 0 saturated heterocycles. The van der Waals surface area contributed by atoms with Crippen LogP contribution >= 0.6 is 0 Å². The summed E-state index contributed by atoms with van der Waals surface area (Å²) in [6.45, 7) is 5.30. The third-order valence-corrected chi connectivity index (χ3v) is 2.77. The van der Waals surface area contributed by atoms with Crippen molar-refractivity contribution in [1.29, 1.82) is 0 Å². The molecule has 0 amide bonds. The van der Waals surface area contributed by atoms with Gasteiger partial charge in [0.15, 0.2) is 5.78 Å². The summed E-state index contributed by atoms with van der Waals surface area (Å²) < 4.78 is 0. The molecule has 17 heavy (non-hydrogen) atoms. The van der Waals surface area contributed by atoms with Crippen molar-refractivity contribution in [3.8, 4) is 11.1 Å². The maximum atomic E-state index is 11.2. The van der Waals surface area contributed by atoms with Crippen LogP contribution in [-0.4, -0.2) is 5.78 Å². The molecule has 0 aromatic heterocycles. The van der Waals surface area contributed by atoms with E-state index in [1.54, 1.807) is 6.92 Å². The minimum absolute atomic E-state index is 0.0959. The number of carbonyl (C=O) groups excluding carboxylic acids is 1. The van der Waals surface area contributed by atoms with Crippen LogP contribution in [0.15, 0.2) is 55.1 Å². The predicted molar refractivity (Wildman–Crippen MR) is 72.0 cm³/mol. The highest BCUT2D eigenvalue weighted by Gasteiger charge is 2.00. The van der Waals surface area contributed by atoms with Gasteiger partial charge in [0, 0.05) is 5.56 Å². The van der Waals surface area contributed by atoms with Gasteiger partial charge in [0.2, 0.25) is 0 Å². The molecular formula is C16H14O. The molecule has 0 N–H and O–H groups in total. The number of hydrogen-bond acceptors (Lipinski definition) is 1. The zero-order valence-corrected chi connectivity index (χ0v) is 9.81. The van der Waals surface area contributed by atoms with Crippen LogP contribution in [0, 0.1) is 0 Å². The Morgan fingerprint density at radius 1 is 0.941 bits per heavy atom. The second-order valence-electron chi connectivity index (χ2n) is 3.96. The largest absolute Gasteiger partial charge is 0.295 e. The van der Waals surface area contributed by atoms with Gasteiger partial charge in [-0.1, -0.05) is 61.2 Å². The molecular weight excluding hydrogens is 208 g/mol. The highest BCUT2D eigenvalue weighted by Crippen LogP contribution is 2.20. The van der Waals surface area contributed by atoms with E-state index in [0.717, 1.165) is 22.3 Å². The van der Waals surface area contributed by atoms with Crippen LogP contribution in [0.25, 0.3) is 17.2 Å². The molecule has 1 nitrogen and oxygen atoms in total. The number of ketones is 1. The van der Waals surface area contributed by atoms with Gasteiger partial charge >= 0.3 is 0 Å². The lowest BCUT2D eigenvalue weighted by Gasteiger charge is -2.03. The average molecular weight is 222 g/mol. The molecule has 0 aliphatic carbocycles. The lowest BCUT2D eigenvalue weighted by Crippen LogP contribution is -1.90. The Labute approximate surface area is 101 Å². The zero-order chi connectivity index (χ0) is 12.3. The summed E-state index contributed by atoms with van der Waals surface area (Å²) >= 11 is 0. The third-order valence-electron chi connectivity index (χ3n) is 2.77. The molecule has 2 aromatic carbocycles. The van der Waals surface area contributed by atoms with Crippen molar-refractivity contribution in [3.05, 3.63) is 66.2 Å². The molecule has 0 aliphatic heterocycles. The van der Waals surface area contributed by atoms with Crippen LogP contribution in [0.3, 0.4) is 0 Å². The van der Waals surface area contributed by atoms with Gasteiger partial charge < -0.3 is 0 Å². The van der Waals surface area contributed by atoms with Crippen molar-refractivity contribution in [3.63, 3.8) is 0 Å². The summed E-state index contributed by atoms with van der Waals surface area (Å²) in [5.41, 5.74) is 4.11. The van der Waals surface area contributed by atoms with E-state index in [4.69, 9.17) is 0 Å². The molecule has 0 bridgehead atoms. The smallest absolute Gasteiger partial charge is 0.159 e. The van der Waals surface area contributed by atoms with Gasteiger partial charge in [0.1, 0.15) is 0 Å². The molecule has 0 spiro atoms. The van der Waals surface area contributed by atoms with Crippen molar-refractivity contribution in [2.24, 2.45) is 0 Å². The Hall–Kier alpha value is -2.15. The van der Waals surface area contributed by atoms with Gasteiger partial charge in [-0.25, -0.2) is 0 Å². The Balaban J connectivity index is 2.32. The predicted octanol–water partition coefficient (Wildman–Crippen LogP) is 4.20. The first-order chi connectivity index (χ1) is 8.20. The summed E-state index contributed by atoms with van der Waals surface area (Å²) in [5, 5.41) is 0. The van der Waals surface area contributed by atoms with Gasteiger partial charge in [-0.3, -0.25) is 4.79 Å². The number of benzene rings is 2. The summed E-state index contributed by atoms with van der Waals surface area (Å²) in [6, 6.07) is 15.8. The van der Waals surface area contributed by atoms with E-state index in [-0.39, 0.29) is 5.78 Å². The molecule has 2 aromatic rings. The van der Waals surface area contributed by atoms with E-state index in [2.05, 4.69) is 18.7 Å². The van der Waals surface area contributed by atoms with E-state index in [1.807, 2.05) is 42.5 Å². The van der Waals surface area contributed by atoms with Crippen LogP contribution in [0.2, 0.25) is 0 Å². The van der Waals surface area contributed by atoms with Crippen LogP contribution < -0.4 is 0 Å². The minimum atomic E-state index is 0.0959. The van der Waals surface area contributed by atoms with Crippen LogP contribution in [0.5, 0.6) is 0 Å². The van der Waals surface area contributed by atoms with E-state index in [9.17, 15) is 4.79 Å². The lowest BCUT2D eigenvalue weighted by atomic mass is 10.0. The first-order valence-electron chi connectivity index (χ1n) is 5.54. The Bertz CT molecular complexity index is 533. The number of Topliss-reactive ketones (excluding diaryl/α,β-unsaturated/α-hetero) is 1. The van der Waals surface area contributed by atoms with Crippen LogP contribution in [-0.2, 0) is 0 Å². The standard InChI is InChI=1S/C16H14O/c1-3-13-4-6-15(7-5-13)16-10-8-14(9-11-16)12(2)17/h3-11H,1H2,2H3. The summed E-state index contributed by atoms with van der Waals surface area (Å²) in [6.07, 6.45) is 1.82. The van der Waals surface area contributed by atoms with Crippen molar-refractivity contribution < 1.29 is 4.79 Å². The highest BCUT2D eigenvalue weighted by molar-refractivity contribution is 5.94. The van der Waals surface area contributed by atoms with Crippen LogP contribution in [0.1, 0.15) is 22.8 Å². The van der Waals surface area contributed by atoms with E-state index < -0.39 is 0 Å². The van der Waals surface area contributed by atoms with Gasteiger partial charge in [-0.05, 0) is 23.6 Å². The molecule has 2 rings (SSSR count). The van der Waals surface area contributed by atoms with Gasteiger partial charge in [0.25, 0.3) is 0 Å². The number of hydrogen-bond donors (Lipinski definition) is 0. The topological polar surface area (TPSA) is 17.1 Å². The Morgan fingerprint density at radius 2 is 1.41 bits per heavy atom. The lowest BCUT2D eigenvalue weighted by molar-refractivity contribution is 0.101. The van der Waals surface area contributed by atoms with E-state index in [0.29, 0.717) is 0 Å². The molecule has 0 fully saturated rings. The minimum Gasteiger partial charge on any atom is -0.295 e. The maximum absolute atomic E-state index is 11.2. The summed E-state index contributed by atoms with van der Waals surface area (Å²) in [5.74, 6) is 0.0959. The normalized spacial score (nSPS) is 9.94. The molecule has 0 heterocycles. The number of rotatable bonds is 3. The van der Waals surface area contributed by atoms with Crippen molar-refractivity contribution in [1.82, 2.24) is 0 Å². The molecule has 84 valence electrons. The van der Waals surface area contributed by atoms with E-state index in [1.165, 1.54) is 0 Å². The molecule has 0 saturated carbocycles. The number of carbonyl (C=O) groups is 1. The molecule has 0 radical (unpaired) electrons. The second-order valence-corrected chi connectivity index (χ2v) is 3.96. The molecule has 1 heteroatoms. The van der Waals surface area contributed by atoms with Gasteiger partial charge in [0.05, 0.1) is 0 Å². The Morgan fingerprint density at radius 3 is 1.82 bits per heavy atom. The highest BCUT2D eigenvalue weighted by atomic mass is 16.1. The zero-order valence-electron chi connectivity index (χ0n) is 9.81. The second kappa shape index (κ2) is 4.79. The summed E-state index contributed by atoms with van der Waals surface area (Å²) in [4.78, 5) is 11.2. The van der Waals surface area contributed by atoms with Crippen molar-refractivity contribution >= 4 is 11.9 Å². The SMILES string of the molecule is C=Cc1ccc(-c2ccc(C(C)=O)cc2)cc1. The fourth-order valence-corrected chi connectivity index (χ4v) is 1.71. The van der Waals surface area contributed by atoms with E-state index >= 15 is 0 Å². The fraction of sp³-hybridized carbons (Fsp3) is 0.0625. The first-order valence-corrected chi connectivity index (χ1v) is 5.54. The quantitative estimate of drug-likeness (QED) is 0.711. The first kappa shape index (κ1) is 11.3. The fourth-order valence-electron chi connectivity index (χ4n) is 1.71.